The highest BCUT2D eigenvalue weighted by Crippen LogP contribution is 2.34. The molecule has 0 saturated heterocycles. The van der Waals surface area contributed by atoms with Crippen LogP contribution in [0.4, 0.5) is 13.2 Å². The SMILES string of the molecule is N#Cc1ccc(SCSC(F)(F)F)cc1. The maximum atomic E-state index is 11.8. The highest BCUT2D eigenvalue weighted by Gasteiger charge is 2.27. The lowest BCUT2D eigenvalue weighted by molar-refractivity contribution is -0.0324. The van der Waals surface area contributed by atoms with Crippen molar-refractivity contribution in [1.82, 2.24) is 0 Å². The Morgan fingerprint density at radius 3 is 2.27 bits per heavy atom. The monoisotopic (exact) mass is 249 g/mol. The Kier molecular flexibility index (Phi) is 4.36. The lowest BCUT2D eigenvalue weighted by atomic mass is 10.2. The van der Waals surface area contributed by atoms with Crippen molar-refractivity contribution in [3.8, 4) is 6.07 Å². The molecule has 1 nitrogen and oxygen atoms in total. The largest absolute Gasteiger partial charge is 0.442 e. The minimum atomic E-state index is -4.18. The number of alkyl halides is 3. The predicted molar refractivity (Wildman–Crippen MR) is 55.5 cm³/mol. The summed E-state index contributed by atoms with van der Waals surface area (Å²) in [6.07, 6.45) is 0. The van der Waals surface area contributed by atoms with Gasteiger partial charge in [-0.25, -0.2) is 0 Å². The molecule has 80 valence electrons. The smallest absolute Gasteiger partial charge is 0.192 e. The van der Waals surface area contributed by atoms with E-state index in [1.807, 2.05) is 6.07 Å². The number of thioether (sulfide) groups is 2. The van der Waals surface area contributed by atoms with E-state index in [-0.39, 0.29) is 16.8 Å². The first-order chi connectivity index (χ1) is 7.01. The van der Waals surface area contributed by atoms with Crippen LogP contribution in [0.15, 0.2) is 29.2 Å². The number of nitrogens with zero attached hydrogens (tertiary/aromatic N) is 1. The summed E-state index contributed by atoms with van der Waals surface area (Å²) in [5.41, 5.74) is -3.68. The van der Waals surface area contributed by atoms with Gasteiger partial charge in [-0.3, -0.25) is 0 Å². The van der Waals surface area contributed by atoms with Gasteiger partial charge < -0.3 is 0 Å². The fraction of sp³-hybridized carbons (Fsp3) is 0.222. The van der Waals surface area contributed by atoms with E-state index >= 15 is 0 Å². The van der Waals surface area contributed by atoms with E-state index in [0.717, 1.165) is 16.7 Å². The Bertz CT molecular complexity index is 353. The molecule has 15 heavy (non-hydrogen) atoms. The van der Waals surface area contributed by atoms with Gasteiger partial charge >= 0.3 is 5.51 Å². The molecule has 0 heterocycles. The number of halogens is 3. The summed E-state index contributed by atoms with van der Waals surface area (Å²) in [5.74, 6) is 0. The van der Waals surface area contributed by atoms with Crippen molar-refractivity contribution in [2.45, 2.75) is 10.4 Å². The van der Waals surface area contributed by atoms with Gasteiger partial charge in [0.05, 0.1) is 16.7 Å². The molecule has 0 aromatic heterocycles. The zero-order chi connectivity index (χ0) is 11.3. The molecule has 0 aliphatic carbocycles. The summed E-state index contributed by atoms with van der Waals surface area (Å²) in [5, 5.41) is 8.43. The molecule has 1 aromatic carbocycles. The van der Waals surface area contributed by atoms with Crippen molar-refractivity contribution in [1.29, 1.82) is 5.26 Å². The number of rotatable bonds is 3. The van der Waals surface area contributed by atoms with Crippen molar-refractivity contribution in [2.75, 3.05) is 5.08 Å². The van der Waals surface area contributed by atoms with Gasteiger partial charge in [-0.2, -0.15) is 18.4 Å². The van der Waals surface area contributed by atoms with Gasteiger partial charge in [-0.15, -0.1) is 11.8 Å². The topological polar surface area (TPSA) is 23.8 Å². The van der Waals surface area contributed by atoms with Crippen LogP contribution in [0.1, 0.15) is 5.56 Å². The Balaban J connectivity index is 2.42. The number of benzene rings is 1. The summed E-state index contributed by atoms with van der Waals surface area (Å²) in [6.45, 7) is 0. The molecule has 1 aromatic rings. The van der Waals surface area contributed by atoms with Crippen LogP contribution >= 0.6 is 23.5 Å². The lowest BCUT2D eigenvalue weighted by Crippen LogP contribution is -1.99. The fourth-order valence-corrected chi connectivity index (χ4v) is 2.43. The van der Waals surface area contributed by atoms with Crippen LogP contribution in [0.3, 0.4) is 0 Å². The van der Waals surface area contributed by atoms with E-state index in [1.165, 1.54) is 0 Å². The maximum absolute atomic E-state index is 11.8. The first-order valence-corrected chi connectivity index (χ1v) is 5.82. The van der Waals surface area contributed by atoms with Gasteiger partial charge in [-0.05, 0) is 36.0 Å². The van der Waals surface area contributed by atoms with Crippen LogP contribution in [-0.2, 0) is 0 Å². The van der Waals surface area contributed by atoms with Crippen LogP contribution in [-0.4, -0.2) is 10.6 Å². The number of hydrogen-bond donors (Lipinski definition) is 0. The molecule has 0 N–H and O–H groups in total. The fourth-order valence-electron chi connectivity index (χ4n) is 0.790. The molecule has 0 spiro atoms. The maximum Gasteiger partial charge on any atom is 0.442 e. The predicted octanol–water partition coefficient (Wildman–Crippen LogP) is 3.86. The average molecular weight is 249 g/mol. The van der Waals surface area contributed by atoms with E-state index in [2.05, 4.69) is 0 Å². The summed E-state index contributed by atoms with van der Waals surface area (Å²) in [4.78, 5) is 0.728. The molecule has 0 aliphatic heterocycles. The molecule has 0 bridgehead atoms. The van der Waals surface area contributed by atoms with Crippen LogP contribution < -0.4 is 0 Å². The number of nitriles is 1. The molecular weight excluding hydrogens is 243 g/mol. The lowest BCUT2D eigenvalue weighted by Gasteiger charge is -2.04. The Morgan fingerprint density at radius 2 is 1.80 bits per heavy atom. The third-order valence-electron chi connectivity index (χ3n) is 1.43. The van der Waals surface area contributed by atoms with Crippen LogP contribution in [0.2, 0.25) is 0 Å². The highest BCUT2D eigenvalue weighted by molar-refractivity contribution is 8.16. The molecule has 0 saturated carbocycles. The molecule has 1 rings (SSSR count). The van der Waals surface area contributed by atoms with Crippen LogP contribution in [0.5, 0.6) is 0 Å². The number of hydrogen-bond acceptors (Lipinski definition) is 3. The first-order valence-electron chi connectivity index (χ1n) is 3.85. The van der Waals surface area contributed by atoms with Gasteiger partial charge in [0.25, 0.3) is 0 Å². The van der Waals surface area contributed by atoms with E-state index in [9.17, 15) is 13.2 Å². The zero-order valence-electron chi connectivity index (χ0n) is 7.41. The van der Waals surface area contributed by atoms with Crippen molar-refractivity contribution in [3.05, 3.63) is 29.8 Å². The van der Waals surface area contributed by atoms with Gasteiger partial charge in [0.2, 0.25) is 0 Å². The Hall–Kier alpha value is -0.800. The first kappa shape index (κ1) is 12.3. The van der Waals surface area contributed by atoms with Gasteiger partial charge in [0.1, 0.15) is 0 Å². The van der Waals surface area contributed by atoms with Gasteiger partial charge in [-0.1, -0.05) is 0 Å². The normalized spacial score (nSPS) is 11.1. The molecule has 0 unspecified atom stereocenters. The standard InChI is InChI=1S/C9H6F3NS2/c10-9(11,12)15-6-14-8-3-1-7(5-13)2-4-8/h1-4H,6H2. The van der Waals surface area contributed by atoms with E-state index in [1.54, 1.807) is 24.3 Å². The Labute approximate surface area is 93.7 Å². The van der Waals surface area contributed by atoms with Gasteiger partial charge in [0.15, 0.2) is 0 Å². The highest BCUT2D eigenvalue weighted by atomic mass is 32.2. The van der Waals surface area contributed by atoms with Crippen LogP contribution in [0.25, 0.3) is 0 Å². The molecular formula is C9H6F3NS2. The van der Waals surface area contributed by atoms with E-state index < -0.39 is 5.51 Å². The molecule has 0 aliphatic rings. The molecule has 0 radical (unpaired) electrons. The van der Waals surface area contributed by atoms with Gasteiger partial charge in [0, 0.05) is 4.90 Å². The van der Waals surface area contributed by atoms with Crippen molar-refractivity contribution >= 4 is 23.5 Å². The third-order valence-corrected chi connectivity index (χ3v) is 3.31. The summed E-state index contributed by atoms with van der Waals surface area (Å²) in [6, 6.07) is 8.39. The summed E-state index contributed by atoms with van der Waals surface area (Å²) in [7, 11) is 0. The molecule has 0 amide bonds. The van der Waals surface area contributed by atoms with E-state index in [0.29, 0.717) is 5.56 Å². The second-order valence-electron chi connectivity index (χ2n) is 2.49. The van der Waals surface area contributed by atoms with Crippen molar-refractivity contribution in [3.63, 3.8) is 0 Å². The zero-order valence-corrected chi connectivity index (χ0v) is 9.05. The minimum absolute atomic E-state index is 0.0637. The second kappa shape index (κ2) is 5.33. The van der Waals surface area contributed by atoms with Crippen LogP contribution in [0, 0.1) is 11.3 Å². The average Bonchev–Trinajstić information content (AvgIpc) is 2.17. The molecule has 0 atom stereocenters. The summed E-state index contributed by atoms with van der Waals surface area (Å²) < 4.78 is 35.4. The third kappa shape index (κ3) is 5.00. The summed E-state index contributed by atoms with van der Waals surface area (Å²) >= 11 is 1.04. The Morgan fingerprint density at radius 1 is 1.20 bits per heavy atom. The van der Waals surface area contributed by atoms with Crippen molar-refractivity contribution in [2.24, 2.45) is 0 Å². The van der Waals surface area contributed by atoms with Crippen molar-refractivity contribution < 1.29 is 13.2 Å². The second-order valence-corrected chi connectivity index (χ2v) is 4.94. The minimum Gasteiger partial charge on any atom is -0.192 e. The molecule has 0 fully saturated rings. The molecule has 6 heteroatoms. The van der Waals surface area contributed by atoms with E-state index in [4.69, 9.17) is 5.26 Å². The quantitative estimate of drug-likeness (QED) is 0.600.